The van der Waals surface area contributed by atoms with Gasteiger partial charge in [-0.15, -0.1) is 0 Å². The summed E-state index contributed by atoms with van der Waals surface area (Å²) in [5, 5.41) is 0. The average Bonchev–Trinajstić information content (AvgIpc) is 3.35. The van der Waals surface area contributed by atoms with E-state index in [-0.39, 0.29) is 31.1 Å². The number of ether oxygens (including phenoxy) is 3. The summed E-state index contributed by atoms with van der Waals surface area (Å²) in [7, 11) is 0. The smallest absolute Gasteiger partial charge is 0.306 e. The van der Waals surface area contributed by atoms with Crippen molar-refractivity contribution in [1.29, 1.82) is 0 Å². The van der Waals surface area contributed by atoms with Crippen LogP contribution in [0.15, 0.2) is 122 Å². The molecule has 0 fully saturated rings. The Labute approximate surface area is 424 Å². The molecule has 0 saturated heterocycles. The molecule has 0 radical (unpaired) electrons. The fraction of sp³-hybridized carbons (Fsp3) is 0.635. The first-order chi connectivity index (χ1) is 34.0. The van der Waals surface area contributed by atoms with E-state index in [0.29, 0.717) is 19.3 Å². The Morgan fingerprint density at radius 1 is 0.304 bits per heavy atom. The topological polar surface area (TPSA) is 78.9 Å². The van der Waals surface area contributed by atoms with Gasteiger partial charge in [0.15, 0.2) is 6.10 Å². The van der Waals surface area contributed by atoms with Gasteiger partial charge in [-0.05, 0) is 109 Å². The average molecular weight is 956 g/mol. The summed E-state index contributed by atoms with van der Waals surface area (Å²) in [6.07, 6.45) is 77.8. The minimum Gasteiger partial charge on any atom is -0.462 e. The van der Waals surface area contributed by atoms with Crippen LogP contribution in [-0.4, -0.2) is 37.2 Å². The van der Waals surface area contributed by atoms with Gasteiger partial charge in [-0.25, -0.2) is 0 Å². The predicted molar refractivity (Wildman–Crippen MR) is 297 cm³/mol. The lowest BCUT2D eigenvalue weighted by Gasteiger charge is -2.18. The van der Waals surface area contributed by atoms with E-state index in [2.05, 4.69) is 142 Å². The quantitative estimate of drug-likeness (QED) is 0.0262. The molecule has 0 amide bonds. The molecule has 0 rings (SSSR count). The van der Waals surface area contributed by atoms with Crippen LogP contribution in [0.4, 0.5) is 0 Å². The molecule has 390 valence electrons. The molecule has 0 bridgehead atoms. The SMILES string of the molecule is CC/C=C\C/C=C\C/C=C\C/C=C\C/C=C\C/C=C\C/C=C\C/C=C\C/C=C\CCCCCC(=O)OCC(COC(=O)CCCCCCCCCCC)OC(=O)CCCCCCC/C=C\CCCC. The number of hydrogen-bond donors (Lipinski definition) is 0. The Morgan fingerprint density at radius 2 is 0.580 bits per heavy atom. The van der Waals surface area contributed by atoms with Crippen molar-refractivity contribution in [2.45, 2.75) is 245 Å². The highest BCUT2D eigenvalue weighted by molar-refractivity contribution is 5.71. The van der Waals surface area contributed by atoms with E-state index >= 15 is 0 Å². The molecule has 6 nitrogen and oxygen atoms in total. The fourth-order valence-corrected chi connectivity index (χ4v) is 7.24. The zero-order valence-corrected chi connectivity index (χ0v) is 44.5. The molecule has 0 aliphatic carbocycles. The third kappa shape index (κ3) is 54.6. The van der Waals surface area contributed by atoms with Crippen molar-refractivity contribution in [3.63, 3.8) is 0 Å². The first kappa shape index (κ1) is 64.8. The van der Waals surface area contributed by atoms with Crippen LogP contribution >= 0.6 is 0 Å². The maximum absolute atomic E-state index is 12.7. The van der Waals surface area contributed by atoms with Gasteiger partial charge in [-0.2, -0.15) is 0 Å². The molecule has 0 aromatic heterocycles. The molecular weight excluding hydrogens is 853 g/mol. The van der Waals surface area contributed by atoms with Gasteiger partial charge in [-0.1, -0.05) is 232 Å². The van der Waals surface area contributed by atoms with Gasteiger partial charge in [0, 0.05) is 19.3 Å². The van der Waals surface area contributed by atoms with Crippen molar-refractivity contribution >= 4 is 17.9 Å². The highest BCUT2D eigenvalue weighted by atomic mass is 16.6. The third-order valence-electron chi connectivity index (χ3n) is 11.5. The van der Waals surface area contributed by atoms with Gasteiger partial charge in [-0.3, -0.25) is 14.4 Å². The maximum Gasteiger partial charge on any atom is 0.306 e. The number of carbonyl (C=O) groups is 3. The molecule has 0 saturated carbocycles. The minimum absolute atomic E-state index is 0.0929. The number of allylic oxidation sites excluding steroid dienone is 20. The van der Waals surface area contributed by atoms with E-state index in [0.717, 1.165) is 135 Å². The van der Waals surface area contributed by atoms with Gasteiger partial charge in [0.25, 0.3) is 0 Å². The number of hydrogen-bond acceptors (Lipinski definition) is 6. The number of carbonyl (C=O) groups excluding carboxylic acids is 3. The van der Waals surface area contributed by atoms with Crippen LogP contribution in [0, 0.1) is 0 Å². The zero-order chi connectivity index (χ0) is 50.0. The number of rotatable bonds is 49. The standard InChI is InChI=1S/C63H102O6/c1-4-7-10-13-16-19-21-22-23-24-25-26-27-28-29-30-31-32-33-34-35-36-37-38-39-40-42-44-47-50-53-56-62(65)68-59-60(58-67-61(64)55-52-49-46-43-18-15-12-9-6-3)69-63(66)57-54-51-48-45-41-20-17-14-11-8-5-2/h7,10,14,16-17,19,22-23,25-26,28-29,31-32,34-35,37-38,40,42,60H,4-6,8-9,11-13,15,18,20-21,24,27,30,33,36,39,41,43-59H2,1-3H3/b10-7-,17-14-,19-16-,23-22-,26-25-,29-28-,32-31-,35-34-,38-37-,42-40-. The predicted octanol–water partition coefficient (Wildman–Crippen LogP) is 18.9. The molecule has 0 aromatic rings. The Balaban J connectivity index is 4.26. The monoisotopic (exact) mass is 955 g/mol. The van der Waals surface area contributed by atoms with Crippen LogP contribution in [-0.2, 0) is 28.6 Å². The van der Waals surface area contributed by atoms with Gasteiger partial charge < -0.3 is 14.2 Å². The van der Waals surface area contributed by atoms with Crippen LogP contribution in [0.25, 0.3) is 0 Å². The second-order valence-corrected chi connectivity index (χ2v) is 18.1. The second kappa shape index (κ2) is 56.4. The Morgan fingerprint density at radius 3 is 0.957 bits per heavy atom. The molecule has 0 heterocycles. The molecule has 0 aromatic carbocycles. The second-order valence-electron chi connectivity index (χ2n) is 18.1. The number of unbranched alkanes of at least 4 members (excludes halogenated alkanes) is 18. The lowest BCUT2D eigenvalue weighted by atomic mass is 10.1. The fourth-order valence-electron chi connectivity index (χ4n) is 7.24. The summed E-state index contributed by atoms with van der Waals surface area (Å²) in [5.74, 6) is -0.946. The highest BCUT2D eigenvalue weighted by Gasteiger charge is 2.19. The zero-order valence-electron chi connectivity index (χ0n) is 44.5. The van der Waals surface area contributed by atoms with Gasteiger partial charge in [0.1, 0.15) is 13.2 Å². The molecular formula is C63H102O6. The number of esters is 3. The van der Waals surface area contributed by atoms with Crippen molar-refractivity contribution in [2.24, 2.45) is 0 Å². The first-order valence-electron chi connectivity index (χ1n) is 28.0. The van der Waals surface area contributed by atoms with E-state index in [1.165, 1.54) is 64.2 Å². The summed E-state index contributed by atoms with van der Waals surface area (Å²) in [6.45, 7) is 6.41. The summed E-state index contributed by atoms with van der Waals surface area (Å²) in [4.78, 5) is 37.9. The Kier molecular flexibility index (Phi) is 53.0. The van der Waals surface area contributed by atoms with Crippen LogP contribution < -0.4 is 0 Å². The van der Waals surface area contributed by atoms with Crippen molar-refractivity contribution in [3.05, 3.63) is 122 Å². The summed E-state index contributed by atoms with van der Waals surface area (Å²) in [5.41, 5.74) is 0. The summed E-state index contributed by atoms with van der Waals surface area (Å²) in [6, 6.07) is 0. The molecule has 6 heteroatoms. The van der Waals surface area contributed by atoms with Crippen LogP contribution in [0.5, 0.6) is 0 Å². The lowest BCUT2D eigenvalue weighted by molar-refractivity contribution is -0.167. The molecule has 0 aliphatic rings. The van der Waals surface area contributed by atoms with E-state index < -0.39 is 6.10 Å². The van der Waals surface area contributed by atoms with E-state index in [1.54, 1.807) is 0 Å². The van der Waals surface area contributed by atoms with Crippen LogP contribution in [0.3, 0.4) is 0 Å². The van der Waals surface area contributed by atoms with Crippen LogP contribution in [0.1, 0.15) is 239 Å². The maximum atomic E-state index is 12.7. The largest absolute Gasteiger partial charge is 0.462 e. The Hall–Kier alpha value is -4.19. The molecule has 69 heavy (non-hydrogen) atoms. The molecule has 0 aliphatic heterocycles. The van der Waals surface area contributed by atoms with E-state index in [4.69, 9.17) is 14.2 Å². The minimum atomic E-state index is -0.795. The first-order valence-corrected chi connectivity index (χ1v) is 28.0. The van der Waals surface area contributed by atoms with Crippen molar-refractivity contribution < 1.29 is 28.6 Å². The molecule has 1 atom stereocenters. The van der Waals surface area contributed by atoms with Gasteiger partial charge in [0.05, 0.1) is 0 Å². The normalized spacial score (nSPS) is 13.0. The van der Waals surface area contributed by atoms with E-state index in [1.807, 2.05) is 0 Å². The van der Waals surface area contributed by atoms with Crippen molar-refractivity contribution in [1.82, 2.24) is 0 Å². The van der Waals surface area contributed by atoms with Gasteiger partial charge in [0.2, 0.25) is 0 Å². The van der Waals surface area contributed by atoms with Crippen molar-refractivity contribution in [3.8, 4) is 0 Å². The highest BCUT2D eigenvalue weighted by Crippen LogP contribution is 2.13. The lowest BCUT2D eigenvalue weighted by Crippen LogP contribution is -2.30. The third-order valence-corrected chi connectivity index (χ3v) is 11.5. The van der Waals surface area contributed by atoms with E-state index in [9.17, 15) is 14.4 Å². The summed E-state index contributed by atoms with van der Waals surface area (Å²) >= 11 is 0. The van der Waals surface area contributed by atoms with Gasteiger partial charge >= 0.3 is 17.9 Å². The summed E-state index contributed by atoms with van der Waals surface area (Å²) < 4.78 is 16.7. The molecule has 0 N–H and O–H groups in total. The molecule has 0 spiro atoms. The van der Waals surface area contributed by atoms with Crippen LogP contribution in [0.2, 0.25) is 0 Å². The Bertz CT molecular complexity index is 1470. The van der Waals surface area contributed by atoms with Crippen molar-refractivity contribution in [2.75, 3.05) is 13.2 Å². The molecule has 1 unspecified atom stereocenters.